The second-order valence-electron chi connectivity index (χ2n) is 5.42. The third-order valence-corrected chi connectivity index (χ3v) is 3.57. The monoisotopic (exact) mass is 328 g/mol. The molecule has 0 aliphatic carbocycles. The van der Waals surface area contributed by atoms with Crippen LogP contribution in [0.2, 0.25) is 0 Å². The van der Waals surface area contributed by atoms with Crippen molar-refractivity contribution < 1.29 is 4.79 Å². The number of carbonyl (C=O) groups excluding carboxylic acids is 1. The van der Waals surface area contributed by atoms with E-state index < -0.39 is 0 Å². The van der Waals surface area contributed by atoms with E-state index in [1.54, 1.807) is 35.2 Å². The van der Waals surface area contributed by atoms with Crippen LogP contribution in [0.25, 0.3) is 11.8 Å². The molecule has 5 nitrogen and oxygen atoms in total. The van der Waals surface area contributed by atoms with E-state index in [1.807, 2.05) is 42.6 Å². The summed E-state index contributed by atoms with van der Waals surface area (Å²) in [5.74, 6) is -0.199. The van der Waals surface area contributed by atoms with E-state index in [2.05, 4.69) is 16.5 Å². The summed E-state index contributed by atoms with van der Waals surface area (Å²) in [6.07, 6.45) is 6.75. The van der Waals surface area contributed by atoms with Crippen molar-refractivity contribution >= 4 is 12.0 Å². The molecule has 2 aromatic carbocycles. The predicted molar refractivity (Wildman–Crippen MR) is 95.6 cm³/mol. The molecule has 0 spiro atoms. The average Bonchev–Trinajstić information content (AvgIpc) is 3.15. The number of hydrogen-bond donors (Lipinski definition) is 1. The Kier molecular flexibility index (Phi) is 5.03. The molecule has 0 radical (unpaired) electrons. The largest absolute Gasteiger partial charge is 0.348 e. The van der Waals surface area contributed by atoms with Gasteiger partial charge in [-0.3, -0.25) is 4.79 Å². The molecule has 0 atom stereocenters. The number of nitrogens with one attached hydrogen (secondary N) is 1. The minimum atomic E-state index is -0.199. The molecule has 1 N–H and O–H groups in total. The molecule has 1 heterocycles. The first kappa shape index (κ1) is 16.2. The molecule has 0 saturated heterocycles. The predicted octanol–water partition coefficient (Wildman–Crippen LogP) is 3.07. The Morgan fingerprint density at radius 2 is 2.04 bits per heavy atom. The number of aromatic nitrogens is 2. The van der Waals surface area contributed by atoms with Crippen LogP contribution in [0.5, 0.6) is 0 Å². The summed E-state index contributed by atoms with van der Waals surface area (Å²) in [5, 5.41) is 16.0. The first-order valence-corrected chi connectivity index (χ1v) is 7.79. The van der Waals surface area contributed by atoms with Gasteiger partial charge in [-0.15, -0.1) is 0 Å². The Bertz CT molecular complexity index is 936. The molecule has 0 aliphatic rings. The van der Waals surface area contributed by atoms with E-state index in [4.69, 9.17) is 5.26 Å². The summed E-state index contributed by atoms with van der Waals surface area (Å²) in [5.41, 5.74) is 3.27. The van der Waals surface area contributed by atoms with Crippen molar-refractivity contribution in [3.63, 3.8) is 0 Å². The molecule has 1 aromatic heterocycles. The number of nitriles is 1. The van der Waals surface area contributed by atoms with Gasteiger partial charge in [-0.1, -0.05) is 30.3 Å². The van der Waals surface area contributed by atoms with Crippen molar-refractivity contribution in [3.05, 3.63) is 89.8 Å². The van der Waals surface area contributed by atoms with Crippen LogP contribution >= 0.6 is 0 Å². The van der Waals surface area contributed by atoms with Gasteiger partial charge in [0, 0.05) is 24.4 Å². The normalized spacial score (nSPS) is 10.5. The molecular formula is C20H16N4O. The van der Waals surface area contributed by atoms with Crippen molar-refractivity contribution in [3.8, 4) is 11.8 Å². The van der Waals surface area contributed by atoms with E-state index in [0.717, 1.165) is 16.8 Å². The summed E-state index contributed by atoms with van der Waals surface area (Å²) in [7, 11) is 0. The zero-order valence-corrected chi connectivity index (χ0v) is 13.5. The van der Waals surface area contributed by atoms with Gasteiger partial charge < -0.3 is 5.32 Å². The Morgan fingerprint density at radius 3 is 2.84 bits per heavy atom. The minimum absolute atomic E-state index is 0.199. The molecule has 3 aromatic rings. The van der Waals surface area contributed by atoms with E-state index in [9.17, 15) is 4.79 Å². The zero-order valence-electron chi connectivity index (χ0n) is 13.5. The highest BCUT2D eigenvalue weighted by molar-refractivity contribution is 5.91. The molecule has 0 saturated carbocycles. The Balaban J connectivity index is 1.58. The van der Waals surface area contributed by atoms with Gasteiger partial charge in [0.2, 0.25) is 5.91 Å². The lowest BCUT2D eigenvalue weighted by molar-refractivity contribution is -0.116. The first-order chi connectivity index (χ1) is 12.2. The summed E-state index contributed by atoms with van der Waals surface area (Å²) >= 11 is 0. The van der Waals surface area contributed by atoms with Crippen LogP contribution in [0.15, 0.2) is 73.1 Å². The second kappa shape index (κ2) is 7.75. The highest BCUT2D eigenvalue weighted by atomic mass is 16.1. The second-order valence-corrected chi connectivity index (χ2v) is 5.42. The Hall–Kier alpha value is -3.65. The number of nitrogens with zero attached hydrogens (tertiary/aromatic N) is 3. The van der Waals surface area contributed by atoms with Gasteiger partial charge >= 0.3 is 0 Å². The summed E-state index contributed by atoms with van der Waals surface area (Å²) in [6.45, 7) is 0.377. The third-order valence-electron chi connectivity index (χ3n) is 3.57. The third kappa shape index (κ3) is 4.43. The fraction of sp³-hybridized carbons (Fsp3) is 0.0500. The van der Waals surface area contributed by atoms with Crippen LogP contribution in [-0.2, 0) is 11.3 Å². The number of para-hydroxylation sites is 1. The van der Waals surface area contributed by atoms with Crippen molar-refractivity contribution in [2.45, 2.75) is 6.54 Å². The maximum atomic E-state index is 11.9. The molecule has 5 heteroatoms. The first-order valence-electron chi connectivity index (χ1n) is 7.79. The molecule has 25 heavy (non-hydrogen) atoms. The van der Waals surface area contributed by atoms with Crippen molar-refractivity contribution in [1.29, 1.82) is 5.26 Å². The van der Waals surface area contributed by atoms with Crippen LogP contribution in [0.3, 0.4) is 0 Å². The van der Waals surface area contributed by atoms with Gasteiger partial charge in [0.05, 0.1) is 23.5 Å². The average molecular weight is 328 g/mol. The summed E-state index contributed by atoms with van der Waals surface area (Å²) in [6, 6.07) is 19.0. The number of hydrogen-bond acceptors (Lipinski definition) is 3. The van der Waals surface area contributed by atoms with E-state index >= 15 is 0 Å². The fourth-order valence-corrected chi connectivity index (χ4v) is 2.32. The van der Waals surface area contributed by atoms with Gasteiger partial charge in [-0.05, 0) is 35.9 Å². The van der Waals surface area contributed by atoms with Gasteiger partial charge in [-0.25, -0.2) is 4.68 Å². The van der Waals surface area contributed by atoms with Crippen LogP contribution in [-0.4, -0.2) is 15.7 Å². The van der Waals surface area contributed by atoms with E-state index in [-0.39, 0.29) is 5.91 Å². The number of rotatable bonds is 5. The lowest BCUT2D eigenvalue weighted by Crippen LogP contribution is -2.20. The fourth-order valence-electron chi connectivity index (χ4n) is 2.32. The number of benzene rings is 2. The highest BCUT2D eigenvalue weighted by Crippen LogP contribution is 2.09. The van der Waals surface area contributed by atoms with Crippen LogP contribution in [0.1, 0.15) is 16.7 Å². The van der Waals surface area contributed by atoms with Crippen molar-refractivity contribution in [1.82, 2.24) is 15.1 Å². The lowest BCUT2D eigenvalue weighted by atomic mass is 10.1. The Morgan fingerprint density at radius 1 is 1.20 bits per heavy atom. The number of carbonyl (C=O) groups is 1. The van der Waals surface area contributed by atoms with Gasteiger partial charge in [0.1, 0.15) is 0 Å². The highest BCUT2D eigenvalue weighted by Gasteiger charge is 2.00. The maximum Gasteiger partial charge on any atom is 0.244 e. The molecule has 122 valence electrons. The standard InChI is InChI=1S/C20H16N4O/c21-12-16-5-4-6-17(11-16)13-22-20(25)10-9-18-14-23-24(15-18)19-7-2-1-3-8-19/h1-11,14-15H,13H2,(H,22,25)/b10-9+. The quantitative estimate of drug-likeness (QED) is 0.732. The molecule has 3 rings (SSSR count). The molecular weight excluding hydrogens is 312 g/mol. The summed E-state index contributed by atoms with van der Waals surface area (Å²) < 4.78 is 1.75. The molecule has 1 amide bonds. The van der Waals surface area contributed by atoms with Crippen LogP contribution in [0.4, 0.5) is 0 Å². The van der Waals surface area contributed by atoms with E-state index in [0.29, 0.717) is 12.1 Å². The minimum Gasteiger partial charge on any atom is -0.348 e. The molecule has 0 bridgehead atoms. The molecule has 0 aliphatic heterocycles. The van der Waals surface area contributed by atoms with Crippen molar-refractivity contribution in [2.24, 2.45) is 0 Å². The topological polar surface area (TPSA) is 70.7 Å². The zero-order chi connectivity index (χ0) is 17.5. The van der Waals surface area contributed by atoms with Gasteiger partial charge in [-0.2, -0.15) is 10.4 Å². The van der Waals surface area contributed by atoms with Crippen LogP contribution in [0, 0.1) is 11.3 Å². The van der Waals surface area contributed by atoms with Crippen LogP contribution < -0.4 is 5.32 Å². The van der Waals surface area contributed by atoms with Crippen molar-refractivity contribution in [2.75, 3.05) is 0 Å². The maximum absolute atomic E-state index is 11.9. The Labute approximate surface area is 145 Å². The van der Waals surface area contributed by atoms with Gasteiger partial charge in [0.15, 0.2) is 0 Å². The number of amides is 1. The van der Waals surface area contributed by atoms with Gasteiger partial charge in [0.25, 0.3) is 0 Å². The lowest BCUT2D eigenvalue weighted by Gasteiger charge is -2.02. The van der Waals surface area contributed by atoms with E-state index in [1.165, 1.54) is 6.08 Å². The molecule has 0 unspecified atom stereocenters. The summed E-state index contributed by atoms with van der Waals surface area (Å²) in [4.78, 5) is 11.9. The SMILES string of the molecule is N#Cc1cccc(CNC(=O)/C=C/c2cnn(-c3ccccc3)c2)c1. The smallest absolute Gasteiger partial charge is 0.244 e. The molecule has 0 fully saturated rings.